The Kier molecular flexibility index (Phi) is 5.24. The summed E-state index contributed by atoms with van der Waals surface area (Å²) < 4.78 is 7.10. The molecule has 146 valence electrons. The largest absolute Gasteiger partial charge is 0.497 e. The summed E-state index contributed by atoms with van der Waals surface area (Å²) in [5.41, 5.74) is 5.27. The van der Waals surface area contributed by atoms with Crippen LogP contribution in [-0.4, -0.2) is 27.3 Å². The van der Waals surface area contributed by atoms with Gasteiger partial charge in [-0.1, -0.05) is 48.5 Å². The number of para-hydroxylation sites is 1. The van der Waals surface area contributed by atoms with Gasteiger partial charge < -0.3 is 10.1 Å². The number of benzene rings is 3. The zero-order valence-electron chi connectivity index (χ0n) is 16.7. The van der Waals surface area contributed by atoms with Gasteiger partial charge in [-0.25, -0.2) is 0 Å². The van der Waals surface area contributed by atoms with Gasteiger partial charge in [-0.3, -0.25) is 0 Å². The van der Waals surface area contributed by atoms with E-state index in [9.17, 15) is 0 Å². The van der Waals surface area contributed by atoms with Gasteiger partial charge in [0, 0.05) is 5.69 Å². The number of hydrogen-bond acceptors (Lipinski definition) is 5. The SMILES string of the molecule is COc1ccc(N[C@H](c2ccccc2)c2nnnn2-c2c(C)cccc2C)cc1. The van der Waals surface area contributed by atoms with Crippen LogP contribution in [0.1, 0.15) is 28.6 Å². The molecule has 3 aromatic carbocycles. The predicted molar refractivity (Wildman–Crippen MR) is 114 cm³/mol. The molecule has 0 fully saturated rings. The maximum Gasteiger partial charge on any atom is 0.183 e. The summed E-state index contributed by atoms with van der Waals surface area (Å²) in [5, 5.41) is 16.3. The molecule has 4 aromatic rings. The van der Waals surface area contributed by atoms with E-state index < -0.39 is 0 Å². The van der Waals surface area contributed by atoms with Gasteiger partial charge in [0.15, 0.2) is 5.82 Å². The normalized spacial score (nSPS) is 11.8. The third-order valence-corrected chi connectivity index (χ3v) is 4.94. The van der Waals surface area contributed by atoms with Crippen LogP contribution in [0.3, 0.4) is 0 Å². The van der Waals surface area contributed by atoms with Gasteiger partial charge in [0.05, 0.1) is 12.8 Å². The highest BCUT2D eigenvalue weighted by Gasteiger charge is 2.23. The van der Waals surface area contributed by atoms with Crippen molar-refractivity contribution in [1.29, 1.82) is 0 Å². The van der Waals surface area contributed by atoms with Crippen LogP contribution in [0.2, 0.25) is 0 Å². The van der Waals surface area contributed by atoms with E-state index in [0.29, 0.717) is 0 Å². The maximum absolute atomic E-state index is 5.27. The van der Waals surface area contributed by atoms with Crippen molar-refractivity contribution in [2.45, 2.75) is 19.9 Å². The summed E-state index contributed by atoms with van der Waals surface area (Å²) in [6, 6.07) is 24.0. The number of aryl methyl sites for hydroxylation is 2. The first kappa shape index (κ1) is 18.7. The van der Waals surface area contributed by atoms with E-state index in [-0.39, 0.29) is 6.04 Å². The summed E-state index contributed by atoms with van der Waals surface area (Å²) in [6.45, 7) is 4.14. The minimum absolute atomic E-state index is 0.224. The summed E-state index contributed by atoms with van der Waals surface area (Å²) in [7, 11) is 1.66. The first-order chi connectivity index (χ1) is 14.2. The number of tetrazole rings is 1. The minimum atomic E-state index is -0.224. The van der Waals surface area contributed by atoms with Crippen molar-refractivity contribution >= 4 is 5.69 Å². The van der Waals surface area contributed by atoms with Crippen LogP contribution in [-0.2, 0) is 0 Å². The van der Waals surface area contributed by atoms with Crippen LogP contribution in [0, 0.1) is 13.8 Å². The number of hydrogen-bond donors (Lipinski definition) is 1. The Bertz CT molecular complexity index is 1070. The minimum Gasteiger partial charge on any atom is -0.497 e. The van der Waals surface area contributed by atoms with Gasteiger partial charge in [0.1, 0.15) is 11.8 Å². The van der Waals surface area contributed by atoms with Crippen molar-refractivity contribution in [2.75, 3.05) is 12.4 Å². The lowest BCUT2D eigenvalue weighted by Crippen LogP contribution is -2.19. The molecule has 1 atom stereocenters. The van der Waals surface area contributed by atoms with E-state index >= 15 is 0 Å². The molecule has 0 amide bonds. The molecule has 0 saturated carbocycles. The van der Waals surface area contributed by atoms with Crippen molar-refractivity contribution in [3.05, 3.63) is 95.3 Å². The van der Waals surface area contributed by atoms with Crippen LogP contribution in [0.5, 0.6) is 5.75 Å². The summed E-state index contributed by atoms with van der Waals surface area (Å²) >= 11 is 0. The number of rotatable bonds is 6. The second-order valence-corrected chi connectivity index (χ2v) is 6.91. The van der Waals surface area contributed by atoms with Crippen LogP contribution < -0.4 is 10.1 Å². The Morgan fingerprint density at radius 2 is 1.55 bits per heavy atom. The maximum atomic E-state index is 5.27. The van der Waals surface area contributed by atoms with Crippen LogP contribution in [0.4, 0.5) is 5.69 Å². The number of methoxy groups -OCH3 is 1. The molecular formula is C23H23N5O. The lowest BCUT2D eigenvalue weighted by atomic mass is 10.0. The molecular weight excluding hydrogens is 362 g/mol. The highest BCUT2D eigenvalue weighted by molar-refractivity contribution is 5.52. The molecule has 6 heteroatoms. The van der Waals surface area contributed by atoms with Gasteiger partial charge in [-0.2, -0.15) is 4.68 Å². The first-order valence-electron chi connectivity index (χ1n) is 9.48. The molecule has 1 N–H and O–H groups in total. The Morgan fingerprint density at radius 3 is 2.21 bits per heavy atom. The average molecular weight is 385 g/mol. The van der Waals surface area contributed by atoms with Crippen LogP contribution in [0.15, 0.2) is 72.8 Å². The molecule has 4 rings (SSSR count). The summed E-state index contributed by atoms with van der Waals surface area (Å²) in [4.78, 5) is 0. The molecule has 0 unspecified atom stereocenters. The fourth-order valence-electron chi connectivity index (χ4n) is 3.47. The van der Waals surface area contributed by atoms with E-state index in [1.807, 2.05) is 53.2 Å². The van der Waals surface area contributed by atoms with Gasteiger partial charge in [-0.05, 0) is 65.2 Å². The molecule has 0 bridgehead atoms. The van der Waals surface area contributed by atoms with E-state index in [4.69, 9.17) is 4.74 Å². The Balaban J connectivity index is 1.80. The van der Waals surface area contributed by atoms with Crippen molar-refractivity contribution in [2.24, 2.45) is 0 Å². The van der Waals surface area contributed by atoms with E-state index in [1.54, 1.807) is 7.11 Å². The molecule has 0 aliphatic rings. The van der Waals surface area contributed by atoms with E-state index in [1.165, 1.54) is 0 Å². The van der Waals surface area contributed by atoms with Crippen molar-refractivity contribution in [1.82, 2.24) is 20.2 Å². The first-order valence-corrected chi connectivity index (χ1v) is 9.48. The Morgan fingerprint density at radius 1 is 0.862 bits per heavy atom. The zero-order chi connectivity index (χ0) is 20.2. The Labute approximate surface area is 170 Å². The van der Waals surface area contributed by atoms with E-state index in [2.05, 4.69) is 59.0 Å². The standard InChI is InChI=1S/C23H23N5O/c1-16-8-7-9-17(2)22(16)28-23(25-26-27-28)21(18-10-5-4-6-11-18)24-19-12-14-20(29-3)15-13-19/h4-15,21,24H,1-3H3/t21-/m1/s1. The smallest absolute Gasteiger partial charge is 0.183 e. The molecule has 1 aromatic heterocycles. The number of ether oxygens (including phenoxy) is 1. The monoisotopic (exact) mass is 385 g/mol. The van der Waals surface area contributed by atoms with Crippen molar-refractivity contribution < 1.29 is 4.74 Å². The van der Waals surface area contributed by atoms with Gasteiger partial charge in [0.2, 0.25) is 0 Å². The highest BCUT2D eigenvalue weighted by Crippen LogP contribution is 2.29. The van der Waals surface area contributed by atoms with Gasteiger partial charge in [-0.15, -0.1) is 5.10 Å². The molecule has 29 heavy (non-hydrogen) atoms. The summed E-state index contributed by atoms with van der Waals surface area (Å²) in [5.74, 6) is 1.54. The second kappa shape index (κ2) is 8.14. The third-order valence-electron chi connectivity index (χ3n) is 4.94. The van der Waals surface area contributed by atoms with Crippen LogP contribution >= 0.6 is 0 Å². The van der Waals surface area contributed by atoms with Gasteiger partial charge >= 0.3 is 0 Å². The fourth-order valence-corrected chi connectivity index (χ4v) is 3.47. The molecule has 0 saturated heterocycles. The van der Waals surface area contributed by atoms with E-state index in [0.717, 1.165) is 39.6 Å². The predicted octanol–water partition coefficient (Wildman–Crippen LogP) is 4.49. The lowest BCUT2D eigenvalue weighted by molar-refractivity contribution is 0.415. The van der Waals surface area contributed by atoms with Crippen molar-refractivity contribution in [3.63, 3.8) is 0 Å². The van der Waals surface area contributed by atoms with Gasteiger partial charge in [0.25, 0.3) is 0 Å². The molecule has 1 heterocycles. The molecule has 0 aliphatic heterocycles. The third kappa shape index (κ3) is 3.82. The number of nitrogens with zero attached hydrogens (tertiary/aromatic N) is 4. The Hall–Kier alpha value is -3.67. The quantitative estimate of drug-likeness (QED) is 0.530. The molecule has 0 spiro atoms. The molecule has 6 nitrogen and oxygen atoms in total. The van der Waals surface area contributed by atoms with Crippen molar-refractivity contribution in [3.8, 4) is 11.4 Å². The number of aromatic nitrogens is 4. The average Bonchev–Trinajstić information content (AvgIpc) is 3.22. The molecule has 0 radical (unpaired) electrons. The fraction of sp³-hybridized carbons (Fsp3) is 0.174. The lowest BCUT2D eigenvalue weighted by Gasteiger charge is -2.21. The summed E-state index contributed by atoms with van der Waals surface area (Å²) in [6.07, 6.45) is 0. The molecule has 0 aliphatic carbocycles. The topological polar surface area (TPSA) is 64.9 Å². The highest BCUT2D eigenvalue weighted by atomic mass is 16.5. The van der Waals surface area contributed by atoms with Crippen LogP contribution in [0.25, 0.3) is 5.69 Å². The second-order valence-electron chi connectivity index (χ2n) is 6.91. The number of anilines is 1. The number of nitrogens with one attached hydrogen (secondary N) is 1. The zero-order valence-corrected chi connectivity index (χ0v) is 16.7.